The molecule has 0 fully saturated rings. The smallest absolute Gasteiger partial charge is 0.129 e. The van der Waals surface area contributed by atoms with E-state index in [1.54, 1.807) is 11.3 Å². The summed E-state index contributed by atoms with van der Waals surface area (Å²) in [5.74, 6) is 0.909. The van der Waals surface area contributed by atoms with E-state index in [1.165, 1.54) is 0 Å². The minimum absolute atomic E-state index is 0.740. The lowest BCUT2D eigenvalue weighted by atomic mass is 10.2. The molecule has 0 N–H and O–H groups in total. The molecule has 0 amide bonds. The summed E-state index contributed by atoms with van der Waals surface area (Å²) in [5.41, 5.74) is 1.06. The lowest BCUT2D eigenvalue weighted by Crippen LogP contribution is -1.96. The standard InChI is InChI=1S/C12H12BrNOS/c1-2-7-15-10-6-4-3-5-9(10)12-14-11(13)8-16-12/h3-6,8H,2,7H2,1H3. The molecule has 0 radical (unpaired) electrons. The summed E-state index contributed by atoms with van der Waals surface area (Å²) < 4.78 is 6.57. The zero-order valence-corrected chi connectivity index (χ0v) is 11.3. The van der Waals surface area contributed by atoms with Crippen molar-refractivity contribution in [3.05, 3.63) is 34.2 Å². The second kappa shape index (κ2) is 5.46. The number of halogens is 1. The van der Waals surface area contributed by atoms with E-state index in [2.05, 4.69) is 27.8 Å². The van der Waals surface area contributed by atoms with E-state index in [0.717, 1.165) is 34.0 Å². The number of ether oxygens (including phenoxy) is 1. The summed E-state index contributed by atoms with van der Waals surface area (Å²) >= 11 is 4.98. The van der Waals surface area contributed by atoms with Crippen LogP contribution in [0.4, 0.5) is 0 Å². The normalized spacial score (nSPS) is 10.4. The first-order chi connectivity index (χ1) is 7.81. The lowest BCUT2D eigenvalue weighted by molar-refractivity contribution is 0.318. The second-order valence-electron chi connectivity index (χ2n) is 3.32. The van der Waals surface area contributed by atoms with Gasteiger partial charge in [-0.2, -0.15) is 0 Å². The largest absolute Gasteiger partial charge is 0.493 e. The molecule has 1 aromatic carbocycles. The first kappa shape index (κ1) is 11.6. The molecule has 2 rings (SSSR count). The topological polar surface area (TPSA) is 22.1 Å². The van der Waals surface area contributed by atoms with Crippen molar-refractivity contribution in [2.24, 2.45) is 0 Å². The van der Waals surface area contributed by atoms with Crippen molar-refractivity contribution in [3.8, 4) is 16.3 Å². The summed E-state index contributed by atoms with van der Waals surface area (Å²) in [7, 11) is 0. The molecule has 84 valence electrons. The van der Waals surface area contributed by atoms with Crippen LogP contribution >= 0.6 is 27.3 Å². The molecule has 1 aromatic heterocycles. The van der Waals surface area contributed by atoms with Crippen LogP contribution in [0, 0.1) is 0 Å². The highest BCUT2D eigenvalue weighted by Gasteiger charge is 2.08. The number of rotatable bonds is 4. The van der Waals surface area contributed by atoms with Gasteiger partial charge in [-0.25, -0.2) is 4.98 Å². The van der Waals surface area contributed by atoms with Gasteiger partial charge in [-0.05, 0) is 34.5 Å². The third-order valence-corrected chi connectivity index (χ3v) is 3.64. The number of thiazole rings is 1. The molecule has 0 saturated heterocycles. The summed E-state index contributed by atoms with van der Waals surface area (Å²) in [6, 6.07) is 8.01. The van der Waals surface area contributed by atoms with Gasteiger partial charge in [0.05, 0.1) is 12.2 Å². The van der Waals surface area contributed by atoms with Crippen molar-refractivity contribution in [1.82, 2.24) is 4.98 Å². The van der Waals surface area contributed by atoms with E-state index in [1.807, 2.05) is 29.6 Å². The highest BCUT2D eigenvalue weighted by Crippen LogP contribution is 2.33. The number of hydrogen-bond donors (Lipinski definition) is 0. The van der Waals surface area contributed by atoms with Gasteiger partial charge in [0.1, 0.15) is 15.4 Å². The van der Waals surface area contributed by atoms with E-state index in [4.69, 9.17) is 4.74 Å². The fraction of sp³-hybridized carbons (Fsp3) is 0.250. The van der Waals surface area contributed by atoms with Crippen molar-refractivity contribution in [2.75, 3.05) is 6.61 Å². The molecule has 4 heteroatoms. The Morgan fingerprint density at radius 3 is 2.88 bits per heavy atom. The van der Waals surface area contributed by atoms with Crippen molar-refractivity contribution in [1.29, 1.82) is 0 Å². The van der Waals surface area contributed by atoms with Gasteiger partial charge in [0.15, 0.2) is 0 Å². The Bertz CT molecular complexity index is 470. The molecule has 0 aliphatic rings. The van der Waals surface area contributed by atoms with Crippen LogP contribution in [-0.2, 0) is 0 Å². The molecule has 0 spiro atoms. The highest BCUT2D eigenvalue weighted by atomic mass is 79.9. The van der Waals surface area contributed by atoms with Crippen LogP contribution in [0.15, 0.2) is 34.2 Å². The molecule has 0 bridgehead atoms. The summed E-state index contributed by atoms with van der Waals surface area (Å²) in [6.45, 7) is 2.84. The maximum Gasteiger partial charge on any atom is 0.129 e. The number of aromatic nitrogens is 1. The summed E-state index contributed by atoms with van der Waals surface area (Å²) in [5, 5.41) is 2.96. The average Bonchev–Trinajstić information content (AvgIpc) is 2.73. The van der Waals surface area contributed by atoms with Gasteiger partial charge in [0, 0.05) is 5.38 Å². The fourth-order valence-electron chi connectivity index (χ4n) is 1.36. The number of para-hydroxylation sites is 1. The van der Waals surface area contributed by atoms with E-state index >= 15 is 0 Å². The monoisotopic (exact) mass is 297 g/mol. The molecule has 1 heterocycles. The molecule has 0 aliphatic heterocycles. The predicted molar refractivity (Wildman–Crippen MR) is 71.0 cm³/mol. The van der Waals surface area contributed by atoms with Gasteiger partial charge in [-0.15, -0.1) is 11.3 Å². The van der Waals surface area contributed by atoms with Crippen LogP contribution < -0.4 is 4.74 Å². The molecule has 0 saturated carbocycles. The molecule has 2 nitrogen and oxygen atoms in total. The molecule has 0 aliphatic carbocycles. The van der Waals surface area contributed by atoms with Crippen molar-refractivity contribution >= 4 is 27.3 Å². The Morgan fingerprint density at radius 2 is 2.19 bits per heavy atom. The highest BCUT2D eigenvalue weighted by molar-refractivity contribution is 9.10. The van der Waals surface area contributed by atoms with Crippen molar-refractivity contribution in [2.45, 2.75) is 13.3 Å². The fourth-order valence-corrected chi connectivity index (χ4v) is 2.64. The van der Waals surface area contributed by atoms with Gasteiger partial charge in [0.2, 0.25) is 0 Å². The number of hydrogen-bond acceptors (Lipinski definition) is 3. The van der Waals surface area contributed by atoms with Crippen LogP contribution in [0.3, 0.4) is 0 Å². The quantitative estimate of drug-likeness (QED) is 0.836. The maximum atomic E-state index is 5.70. The third kappa shape index (κ3) is 2.62. The van der Waals surface area contributed by atoms with Gasteiger partial charge in [-0.1, -0.05) is 19.1 Å². The summed E-state index contributed by atoms with van der Waals surface area (Å²) in [4.78, 5) is 4.40. The molecule has 16 heavy (non-hydrogen) atoms. The van der Waals surface area contributed by atoms with Crippen LogP contribution in [0.1, 0.15) is 13.3 Å². The maximum absolute atomic E-state index is 5.70. The average molecular weight is 298 g/mol. The van der Waals surface area contributed by atoms with E-state index < -0.39 is 0 Å². The molecule has 0 unspecified atom stereocenters. The zero-order chi connectivity index (χ0) is 11.4. The first-order valence-electron chi connectivity index (χ1n) is 5.14. The molecular weight excluding hydrogens is 286 g/mol. The summed E-state index contributed by atoms with van der Waals surface area (Å²) in [6.07, 6.45) is 1.01. The van der Waals surface area contributed by atoms with Crippen LogP contribution in [0.25, 0.3) is 10.6 Å². The molecule has 0 atom stereocenters. The Kier molecular flexibility index (Phi) is 3.96. The third-order valence-electron chi connectivity index (χ3n) is 2.06. The van der Waals surface area contributed by atoms with Crippen LogP contribution in [0.5, 0.6) is 5.75 Å². The van der Waals surface area contributed by atoms with E-state index in [0.29, 0.717) is 0 Å². The molecule has 2 aromatic rings. The van der Waals surface area contributed by atoms with Gasteiger partial charge >= 0.3 is 0 Å². The Labute approximate surface area is 107 Å². The number of nitrogens with zero attached hydrogens (tertiary/aromatic N) is 1. The zero-order valence-electron chi connectivity index (χ0n) is 8.94. The van der Waals surface area contributed by atoms with Crippen molar-refractivity contribution < 1.29 is 4.74 Å². The molecular formula is C12H12BrNOS. The number of benzene rings is 1. The lowest BCUT2D eigenvalue weighted by Gasteiger charge is -2.08. The SMILES string of the molecule is CCCOc1ccccc1-c1nc(Br)cs1. The Hall–Kier alpha value is -0.870. The first-order valence-corrected chi connectivity index (χ1v) is 6.81. The minimum Gasteiger partial charge on any atom is -0.493 e. The van der Waals surface area contributed by atoms with Crippen molar-refractivity contribution in [3.63, 3.8) is 0 Å². The Morgan fingerprint density at radius 1 is 1.38 bits per heavy atom. The van der Waals surface area contributed by atoms with E-state index in [9.17, 15) is 0 Å². The van der Waals surface area contributed by atoms with Crippen LogP contribution in [0.2, 0.25) is 0 Å². The van der Waals surface area contributed by atoms with Gasteiger partial charge in [0.25, 0.3) is 0 Å². The minimum atomic E-state index is 0.740. The van der Waals surface area contributed by atoms with Crippen LogP contribution in [-0.4, -0.2) is 11.6 Å². The van der Waals surface area contributed by atoms with Gasteiger partial charge in [-0.3, -0.25) is 0 Å². The predicted octanol–water partition coefficient (Wildman–Crippen LogP) is 4.36. The van der Waals surface area contributed by atoms with E-state index in [-0.39, 0.29) is 0 Å². The Balaban J connectivity index is 2.32. The second-order valence-corrected chi connectivity index (χ2v) is 4.99. The van der Waals surface area contributed by atoms with Gasteiger partial charge < -0.3 is 4.74 Å².